The number of aliphatic hydroxyl groups excluding tert-OH is 2. The summed E-state index contributed by atoms with van der Waals surface area (Å²) in [6.45, 7) is 1.51. The third-order valence-electron chi connectivity index (χ3n) is 16.5. The Labute approximate surface area is 334 Å². The van der Waals surface area contributed by atoms with Gasteiger partial charge in [0.2, 0.25) is 0 Å². The summed E-state index contributed by atoms with van der Waals surface area (Å²) in [6.07, 6.45) is 11.0. The van der Waals surface area contributed by atoms with Gasteiger partial charge in [-0.3, -0.25) is 0 Å². The van der Waals surface area contributed by atoms with Gasteiger partial charge in [-0.1, -0.05) is 42.5 Å². The van der Waals surface area contributed by atoms with E-state index in [0.29, 0.717) is 31.1 Å². The average Bonchev–Trinajstić information content (AvgIpc) is 3.76. The van der Waals surface area contributed by atoms with Crippen LogP contribution in [0.5, 0.6) is 0 Å². The molecule has 2 unspecified atom stereocenters. The van der Waals surface area contributed by atoms with Gasteiger partial charge >= 0.3 is 11.9 Å². The molecule has 0 amide bonds. The van der Waals surface area contributed by atoms with Crippen molar-refractivity contribution in [3.63, 3.8) is 0 Å². The molecule has 4 fully saturated rings. The largest absolute Gasteiger partial charge is 0.487 e. The number of hydrogen-bond donors (Lipinski definition) is 6. The van der Waals surface area contributed by atoms with Gasteiger partial charge in [-0.05, 0) is 93.0 Å². The quantitative estimate of drug-likeness (QED) is 0.247. The first kappa shape index (κ1) is 35.4. The lowest BCUT2D eigenvalue weighted by Gasteiger charge is -2.58. The van der Waals surface area contributed by atoms with E-state index in [1.807, 2.05) is 12.2 Å². The second-order valence-corrected chi connectivity index (χ2v) is 18.7. The lowest BCUT2D eigenvalue weighted by molar-refractivity contribution is -0.104. The first-order chi connectivity index (χ1) is 27.7. The number of carbonyl (C=O) groups is 2. The highest BCUT2D eigenvalue weighted by Crippen LogP contribution is 2.69. The summed E-state index contributed by atoms with van der Waals surface area (Å²) < 4.78 is 13.7. The summed E-state index contributed by atoms with van der Waals surface area (Å²) in [7, 11) is 4.22. The Morgan fingerprint density at radius 3 is 1.79 bits per heavy atom. The second-order valence-electron chi connectivity index (χ2n) is 18.7. The number of piperidine rings is 2. The van der Waals surface area contributed by atoms with Gasteiger partial charge in [-0.15, -0.1) is 0 Å². The molecular formula is C46H46N2O10. The van der Waals surface area contributed by atoms with Gasteiger partial charge in [0.1, 0.15) is 35.9 Å². The number of ether oxygens (including phenoxy) is 2. The SMILES string of the molecule is CN1CC[C@]23C4=C5O[C@H]2[C@@H](O)C=C[C@H]3[C@H]1CC4=CCC5(O)c1cc2ccc(C(=O)O)cc2c(C2(O)CC=C3C[C@@H]4[C@@H]5C=C[C@H](O)[C@@H]6OC2=C3[C@]56CCN4C)c1C(=O)O. The van der Waals surface area contributed by atoms with E-state index in [1.54, 1.807) is 24.3 Å². The van der Waals surface area contributed by atoms with Crippen LogP contribution in [0.15, 0.2) is 94.5 Å². The normalized spacial score (nSPS) is 42.7. The van der Waals surface area contributed by atoms with Crippen LogP contribution in [0.1, 0.15) is 70.4 Å². The molecule has 58 heavy (non-hydrogen) atoms. The number of carboxylic acids is 2. The van der Waals surface area contributed by atoms with Gasteiger partial charge in [-0.2, -0.15) is 0 Å². The topological polar surface area (TPSA) is 180 Å². The Balaban J connectivity index is 1.12. The molecular weight excluding hydrogens is 741 g/mol. The molecule has 4 bridgehead atoms. The van der Waals surface area contributed by atoms with Crippen LogP contribution in [-0.4, -0.2) is 116 Å². The van der Waals surface area contributed by atoms with E-state index in [0.717, 1.165) is 35.4 Å². The van der Waals surface area contributed by atoms with Gasteiger partial charge in [0.15, 0.2) is 11.2 Å². The maximum atomic E-state index is 14.1. The molecule has 6 N–H and O–H groups in total. The summed E-state index contributed by atoms with van der Waals surface area (Å²) in [5.74, 6) is -2.21. The van der Waals surface area contributed by atoms with Gasteiger partial charge < -0.3 is 49.9 Å². The number of benzene rings is 2. The minimum atomic E-state index is -2.13. The zero-order valence-electron chi connectivity index (χ0n) is 32.3. The third-order valence-corrected chi connectivity index (χ3v) is 16.5. The fourth-order valence-electron chi connectivity index (χ4n) is 13.9. The van der Waals surface area contributed by atoms with Crippen molar-refractivity contribution < 1.29 is 49.7 Å². The average molecular weight is 787 g/mol. The van der Waals surface area contributed by atoms with E-state index in [1.165, 1.54) is 12.1 Å². The lowest BCUT2D eigenvalue weighted by atomic mass is 9.50. The van der Waals surface area contributed by atoms with Crippen molar-refractivity contribution in [1.82, 2.24) is 9.80 Å². The van der Waals surface area contributed by atoms with Crippen molar-refractivity contribution in [2.75, 3.05) is 27.2 Å². The molecule has 2 saturated heterocycles. The molecule has 0 aromatic heterocycles. The Bertz CT molecular complexity index is 2520. The first-order valence-corrected chi connectivity index (χ1v) is 20.6. The van der Waals surface area contributed by atoms with Crippen molar-refractivity contribution in [3.05, 3.63) is 117 Å². The zero-order valence-corrected chi connectivity index (χ0v) is 32.3. The lowest BCUT2D eigenvalue weighted by Crippen LogP contribution is -2.62. The van der Waals surface area contributed by atoms with Crippen LogP contribution < -0.4 is 0 Å². The van der Waals surface area contributed by atoms with Crippen molar-refractivity contribution in [2.24, 2.45) is 22.7 Å². The molecule has 4 aliphatic heterocycles. The maximum absolute atomic E-state index is 14.1. The predicted molar refractivity (Wildman–Crippen MR) is 208 cm³/mol. The number of hydrogen-bond acceptors (Lipinski definition) is 10. The number of likely N-dealkylation sites (tertiary alicyclic amines) is 2. The number of aromatic carboxylic acids is 2. The Morgan fingerprint density at radius 1 is 0.724 bits per heavy atom. The van der Waals surface area contributed by atoms with Crippen LogP contribution in [0.4, 0.5) is 0 Å². The summed E-state index contributed by atoms with van der Waals surface area (Å²) >= 11 is 0. The highest BCUT2D eigenvalue weighted by molar-refractivity contribution is 6.03. The first-order valence-electron chi connectivity index (χ1n) is 20.6. The number of rotatable bonds is 4. The smallest absolute Gasteiger partial charge is 0.336 e. The number of nitrogens with zero attached hydrogens (tertiary/aromatic N) is 2. The minimum absolute atomic E-state index is 0.00955. The molecule has 2 saturated carbocycles. The highest BCUT2D eigenvalue weighted by atomic mass is 16.5. The molecule has 0 radical (unpaired) electrons. The van der Waals surface area contributed by atoms with Crippen molar-refractivity contribution in [2.45, 2.75) is 86.2 Å². The van der Waals surface area contributed by atoms with Gasteiger partial charge in [-0.25, -0.2) is 9.59 Å². The van der Waals surface area contributed by atoms with Crippen LogP contribution in [0.3, 0.4) is 0 Å². The number of aliphatic hydroxyl groups is 4. The zero-order chi connectivity index (χ0) is 40.0. The summed E-state index contributed by atoms with van der Waals surface area (Å²) in [5, 5.41) is 72.4. The molecule has 6 aliphatic carbocycles. The van der Waals surface area contributed by atoms with Crippen molar-refractivity contribution >= 4 is 22.7 Å². The molecule has 2 spiro atoms. The summed E-state index contributed by atoms with van der Waals surface area (Å²) in [5.41, 5.74) is -2.27. The Hall–Kier alpha value is -4.56. The maximum Gasteiger partial charge on any atom is 0.336 e. The van der Waals surface area contributed by atoms with E-state index in [9.17, 15) is 40.2 Å². The molecule has 2 aromatic carbocycles. The van der Waals surface area contributed by atoms with Crippen LogP contribution >= 0.6 is 0 Å². The molecule has 12 nitrogen and oxygen atoms in total. The molecule has 12 atom stereocenters. The van der Waals surface area contributed by atoms with E-state index in [-0.39, 0.29) is 75.9 Å². The van der Waals surface area contributed by atoms with Gasteiger partial charge in [0.05, 0.1) is 11.1 Å². The van der Waals surface area contributed by atoms with Crippen LogP contribution in [-0.2, 0) is 20.7 Å². The molecule has 12 heteroatoms. The van der Waals surface area contributed by atoms with Gasteiger partial charge in [0.25, 0.3) is 0 Å². The minimum Gasteiger partial charge on any atom is -0.487 e. The van der Waals surface area contributed by atoms with Crippen LogP contribution in [0.2, 0.25) is 0 Å². The third kappa shape index (κ3) is 3.93. The predicted octanol–water partition coefficient (Wildman–Crippen LogP) is 3.86. The summed E-state index contributed by atoms with van der Waals surface area (Å²) in [6, 6.07) is 6.34. The Morgan fingerprint density at radius 2 is 1.26 bits per heavy atom. The monoisotopic (exact) mass is 786 g/mol. The van der Waals surface area contributed by atoms with Crippen LogP contribution in [0.25, 0.3) is 10.8 Å². The van der Waals surface area contributed by atoms with Gasteiger partial charge in [0, 0.05) is 69.9 Å². The molecule has 2 aromatic rings. The fourth-order valence-corrected chi connectivity index (χ4v) is 13.9. The van der Waals surface area contributed by atoms with Crippen molar-refractivity contribution in [1.29, 1.82) is 0 Å². The second kappa shape index (κ2) is 11.2. The van der Waals surface area contributed by atoms with Crippen molar-refractivity contribution in [3.8, 4) is 0 Å². The van der Waals surface area contributed by atoms with E-state index in [4.69, 9.17) is 9.47 Å². The Kier molecular flexibility index (Phi) is 6.82. The van der Waals surface area contributed by atoms with E-state index < -0.39 is 58.4 Å². The standard InChI is InChI=1S/C46H46N2O10/c1-47-15-13-43-26-5-7-31(49)37(43)57-39-34(43)22(19-29(26)47)9-11-45(39,55)28-18-21-3-4-24(41(51)52)17-25(21)36(33(28)42(53)54)46(56)12-10-23-20-30-27-6-8-32(50)38-44(27,14-16-48(30)2)35(23)40(46)58-38/h3-10,17-18,26-27,29-32,37-38,49-50,55-56H,11-16,19-20H2,1-2H3,(H,51,52)(H,53,54)/t26-,27-,29+,30+,31-,32-,37-,38-,43-,44-,45?,46?/m0/s1. The molecule has 12 rings (SSSR count). The number of carboxylic acid groups (broad SMARTS) is 2. The molecule has 300 valence electrons. The highest BCUT2D eigenvalue weighted by Gasteiger charge is 2.70. The van der Waals surface area contributed by atoms with E-state index in [2.05, 4.69) is 36.0 Å². The number of fused-ring (bicyclic) bond motifs is 1. The van der Waals surface area contributed by atoms with Crippen LogP contribution in [0, 0.1) is 22.7 Å². The van der Waals surface area contributed by atoms with E-state index >= 15 is 0 Å². The molecule has 10 aliphatic rings. The molecule has 4 heterocycles. The summed E-state index contributed by atoms with van der Waals surface area (Å²) in [4.78, 5) is 31.3. The fraction of sp³-hybridized carbons (Fsp3) is 0.478.